The molecular weight excluding hydrogens is 352 g/mol. The average Bonchev–Trinajstić information content (AvgIpc) is 2.64. The monoisotopic (exact) mass is 378 g/mol. The van der Waals surface area contributed by atoms with Crippen LogP contribution in [0.2, 0.25) is 0 Å². The van der Waals surface area contributed by atoms with Gasteiger partial charge in [-0.3, -0.25) is 0 Å². The van der Waals surface area contributed by atoms with Gasteiger partial charge < -0.3 is 17.3 Å². The van der Waals surface area contributed by atoms with E-state index in [-0.39, 0.29) is 12.4 Å². The van der Waals surface area contributed by atoms with E-state index in [4.69, 9.17) is 0 Å². The maximum Gasteiger partial charge on any atom is 0.174 e. The fourth-order valence-electron chi connectivity index (χ4n) is 2.93. The molecule has 1 heterocycles. The molecule has 3 heteroatoms. The minimum Gasteiger partial charge on any atom is -1.00 e. The van der Waals surface area contributed by atoms with Crippen LogP contribution < -0.4 is 21.9 Å². The molecule has 3 rings (SSSR count). The molecule has 2 aromatic carbocycles. The lowest BCUT2D eigenvalue weighted by Gasteiger charge is -2.11. The number of aromatic nitrogens is 1. The highest BCUT2D eigenvalue weighted by atomic mass is 35.5. The molecule has 140 valence electrons. The van der Waals surface area contributed by atoms with Crippen molar-refractivity contribution in [3.63, 3.8) is 0 Å². The molecule has 0 unspecified atom stereocenters. The van der Waals surface area contributed by atoms with Crippen molar-refractivity contribution in [1.29, 1.82) is 0 Å². The van der Waals surface area contributed by atoms with Crippen molar-refractivity contribution in [2.45, 2.75) is 20.4 Å². The minimum absolute atomic E-state index is 0. The molecule has 0 N–H and O–H groups in total. The van der Waals surface area contributed by atoms with Gasteiger partial charge in [0.15, 0.2) is 18.9 Å². The average molecular weight is 379 g/mol. The number of anilines is 1. The lowest BCUT2D eigenvalue weighted by Crippen LogP contribution is -3.00. The summed E-state index contributed by atoms with van der Waals surface area (Å²) in [5.74, 6) is 0. The van der Waals surface area contributed by atoms with E-state index in [1.165, 1.54) is 33.5 Å². The van der Waals surface area contributed by atoms with Gasteiger partial charge in [-0.15, -0.1) is 0 Å². The maximum absolute atomic E-state index is 2.27. The molecule has 0 saturated heterocycles. The summed E-state index contributed by atoms with van der Waals surface area (Å²) in [6.07, 6.45) is 8.61. The number of hydrogen-bond acceptors (Lipinski definition) is 1. The lowest BCUT2D eigenvalue weighted by molar-refractivity contribution is -0.688. The van der Waals surface area contributed by atoms with Crippen LogP contribution in [0.5, 0.6) is 0 Å². The largest absolute Gasteiger partial charge is 1.00 e. The van der Waals surface area contributed by atoms with Crippen LogP contribution in [0.3, 0.4) is 0 Å². The maximum atomic E-state index is 2.27. The predicted octanol–water partition coefficient (Wildman–Crippen LogP) is 1.88. The van der Waals surface area contributed by atoms with E-state index in [1.54, 1.807) is 0 Å². The van der Waals surface area contributed by atoms with Crippen molar-refractivity contribution in [1.82, 2.24) is 0 Å². The van der Waals surface area contributed by atoms with Crippen LogP contribution in [0, 0.1) is 13.8 Å². The molecule has 0 aliphatic carbocycles. The zero-order valence-electron chi connectivity index (χ0n) is 16.5. The number of aryl methyl sites for hydroxylation is 2. The second-order valence-electron chi connectivity index (χ2n) is 7.05. The van der Waals surface area contributed by atoms with Gasteiger partial charge in [0.25, 0.3) is 0 Å². The molecule has 0 spiro atoms. The van der Waals surface area contributed by atoms with Gasteiger partial charge in [-0.1, -0.05) is 42.0 Å². The smallest absolute Gasteiger partial charge is 0.174 e. The summed E-state index contributed by atoms with van der Waals surface area (Å²) in [5, 5.41) is 0. The van der Waals surface area contributed by atoms with Gasteiger partial charge in [0.1, 0.15) is 0 Å². The Labute approximate surface area is 169 Å². The van der Waals surface area contributed by atoms with Crippen LogP contribution in [-0.2, 0) is 6.54 Å². The normalized spacial score (nSPS) is 10.7. The fourth-order valence-corrected chi connectivity index (χ4v) is 2.93. The van der Waals surface area contributed by atoms with E-state index in [2.05, 4.69) is 117 Å². The second kappa shape index (κ2) is 9.38. The Kier molecular flexibility index (Phi) is 7.20. The van der Waals surface area contributed by atoms with Crippen molar-refractivity contribution in [2.24, 2.45) is 0 Å². The molecule has 0 aliphatic heterocycles. The number of pyridine rings is 1. The Morgan fingerprint density at radius 1 is 0.815 bits per heavy atom. The zero-order valence-corrected chi connectivity index (χ0v) is 17.2. The molecule has 0 saturated carbocycles. The molecule has 1 aromatic heterocycles. The summed E-state index contributed by atoms with van der Waals surface area (Å²) in [4.78, 5) is 2.11. The van der Waals surface area contributed by atoms with Crippen molar-refractivity contribution in [3.05, 3.63) is 94.8 Å². The van der Waals surface area contributed by atoms with Gasteiger partial charge in [-0.25, -0.2) is 4.57 Å². The molecule has 0 atom stereocenters. The quantitative estimate of drug-likeness (QED) is 0.615. The van der Waals surface area contributed by atoms with E-state index in [0.29, 0.717) is 0 Å². The number of nitrogens with zero attached hydrogens (tertiary/aromatic N) is 2. The first-order valence-electron chi connectivity index (χ1n) is 9.02. The summed E-state index contributed by atoms with van der Waals surface area (Å²) >= 11 is 0. The number of benzene rings is 2. The third kappa shape index (κ3) is 5.70. The van der Waals surface area contributed by atoms with Crippen LogP contribution in [0.4, 0.5) is 5.69 Å². The fraction of sp³-hybridized carbons (Fsp3) is 0.208. The van der Waals surface area contributed by atoms with E-state index in [9.17, 15) is 0 Å². The molecule has 2 nitrogen and oxygen atoms in total. The lowest BCUT2D eigenvalue weighted by atomic mass is 10.1. The third-order valence-corrected chi connectivity index (χ3v) is 4.65. The van der Waals surface area contributed by atoms with Gasteiger partial charge in [0, 0.05) is 37.5 Å². The molecule has 0 aliphatic rings. The summed E-state index contributed by atoms with van der Waals surface area (Å²) in [5.41, 5.74) is 7.66. The highest BCUT2D eigenvalue weighted by molar-refractivity contribution is 5.70. The van der Waals surface area contributed by atoms with Crippen molar-refractivity contribution < 1.29 is 17.0 Å². The Morgan fingerprint density at radius 2 is 1.41 bits per heavy atom. The van der Waals surface area contributed by atoms with Crippen molar-refractivity contribution in [2.75, 3.05) is 19.0 Å². The van der Waals surface area contributed by atoms with Gasteiger partial charge in [0.05, 0.1) is 0 Å². The van der Waals surface area contributed by atoms with Gasteiger partial charge >= 0.3 is 0 Å². The second-order valence-corrected chi connectivity index (χ2v) is 7.05. The van der Waals surface area contributed by atoms with E-state index in [1.807, 2.05) is 0 Å². The van der Waals surface area contributed by atoms with Crippen LogP contribution in [0.25, 0.3) is 12.2 Å². The van der Waals surface area contributed by atoms with Crippen LogP contribution in [-0.4, -0.2) is 14.1 Å². The summed E-state index contributed by atoms with van der Waals surface area (Å²) in [7, 11) is 4.12. The Hall–Kier alpha value is -2.58. The van der Waals surface area contributed by atoms with E-state index >= 15 is 0 Å². The molecule has 0 amide bonds. The Balaban J connectivity index is 0.00000261. The highest BCUT2D eigenvalue weighted by Gasteiger charge is 2.05. The van der Waals surface area contributed by atoms with Gasteiger partial charge in [-0.05, 0) is 48.7 Å². The highest BCUT2D eigenvalue weighted by Crippen LogP contribution is 2.14. The molecular formula is C24H27ClN2. The molecule has 0 bridgehead atoms. The van der Waals surface area contributed by atoms with Gasteiger partial charge in [-0.2, -0.15) is 0 Å². The SMILES string of the molecule is Cc1ccc(C)c(C[n+]2ccc(C=Cc3ccc(N(C)C)cc3)cc2)c1.[Cl-]. The zero-order chi connectivity index (χ0) is 18.5. The topological polar surface area (TPSA) is 7.12 Å². The molecule has 0 fully saturated rings. The van der Waals surface area contributed by atoms with Crippen LogP contribution in [0.15, 0.2) is 67.0 Å². The van der Waals surface area contributed by atoms with Crippen molar-refractivity contribution >= 4 is 17.8 Å². The number of rotatable bonds is 5. The first-order valence-corrected chi connectivity index (χ1v) is 9.02. The van der Waals surface area contributed by atoms with E-state index in [0.717, 1.165) is 6.54 Å². The third-order valence-electron chi connectivity index (χ3n) is 4.65. The predicted molar refractivity (Wildman–Crippen MR) is 111 cm³/mol. The van der Waals surface area contributed by atoms with Gasteiger partial charge in [0.2, 0.25) is 0 Å². The Bertz CT molecular complexity index is 895. The first kappa shape index (κ1) is 20.7. The first-order chi connectivity index (χ1) is 12.5. The summed E-state index contributed by atoms with van der Waals surface area (Å²) < 4.78 is 2.23. The Morgan fingerprint density at radius 3 is 2.00 bits per heavy atom. The standard InChI is InChI=1S/C24H27N2.ClH/c1-19-5-6-20(2)23(17-19)18-26-15-13-22(14-16-26)8-7-21-9-11-24(12-10-21)25(3)4;/h5-17H,18H2,1-4H3;1H/q+1;/p-1. The van der Waals surface area contributed by atoms with Crippen LogP contribution in [0.1, 0.15) is 27.8 Å². The molecule has 0 radical (unpaired) electrons. The van der Waals surface area contributed by atoms with Crippen molar-refractivity contribution in [3.8, 4) is 0 Å². The van der Waals surface area contributed by atoms with E-state index < -0.39 is 0 Å². The number of halogens is 1. The number of hydrogen-bond donors (Lipinski definition) is 0. The summed E-state index contributed by atoms with van der Waals surface area (Å²) in [6, 6.07) is 19.5. The summed E-state index contributed by atoms with van der Waals surface area (Å²) in [6.45, 7) is 5.23. The molecule has 27 heavy (non-hydrogen) atoms. The van der Waals surface area contributed by atoms with Crippen LogP contribution >= 0.6 is 0 Å². The minimum atomic E-state index is 0. The molecule has 3 aromatic rings.